The molecule has 0 radical (unpaired) electrons. The number of pyridine rings is 1. The normalized spacial score (nSPS) is 10.6. The van der Waals surface area contributed by atoms with Crippen molar-refractivity contribution in [2.75, 3.05) is 5.32 Å². The van der Waals surface area contributed by atoms with E-state index >= 15 is 0 Å². The van der Waals surface area contributed by atoms with Crippen LogP contribution >= 0.6 is 11.6 Å². The van der Waals surface area contributed by atoms with Crippen LogP contribution < -0.4 is 16.6 Å². The number of hydrogen-bond acceptors (Lipinski definition) is 4. The van der Waals surface area contributed by atoms with Crippen LogP contribution in [0.1, 0.15) is 11.1 Å². The number of nitrogens with zero attached hydrogens (tertiary/aromatic N) is 3. The molecule has 0 saturated heterocycles. The lowest BCUT2D eigenvalue weighted by Crippen LogP contribution is -2.38. The molecule has 0 amide bonds. The first kappa shape index (κ1) is 14.3. The molecule has 0 bridgehead atoms. The zero-order valence-electron chi connectivity index (χ0n) is 11.5. The Morgan fingerprint density at radius 3 is 2.75 bits per heavy atom. The first-order valence-electron chi connectivity index (χ1n) is 6.01. The van der Waals surface area contributed by atoms with Crippen LogP contribution in [0.25, 0.3) is 0 Å². The van der Waals surface area contributed by atoms with E-state index in [0.717, 1.165) is 10.1 Å². The zero-order valence-corrected chi connectivity index (χ0v) is 12.2. The highest BCUT2D eigenvalue weighted by molar-refractivity contribution is 6.31. The van der Waals surface area contributed by atoms with E-state index in [9.17, 15) is 9.59 Å². The number of aryl methyl sites for hydroxylation is 2. The third-order valence-electron chi connectivity index (χ3n) is 2.96. The molecular formula is C13H15ClN4O2. The topological polar surface area (TPSA) is 68.9 Å². The molecule has 2 rings (SSSR count). The molecule has 0 fully saturated rings. The number of anilines is 1. The monoisotopic (exact) mass is 294 g/mol. The summed E-state index contributed by atoms with van der Waals surface area (Å²) in [6.45, 7) is 2.17. The predicted octanol–water partition coefficient (Wildman–Crippen LogP) is 1.05. The molecule has 6 nitrogen and oxygen atoms in total. The van der Waals surface area contributed by atoms with Crippen molar-refractivity contribution < 1.29 is 0 Å². The molecule has 2 aromatic rings. The molecule has 0 aromatic carbocycles. The summed E-state index contributed by atoms with van der Waals surface area (Å²) in [7, 11) is 3.06. The van der Waals surface area contributed by atoms with E-state index in [-0.39, 0.29) is 17.8 Å². The van der Waals surface area contributed by atoms with Crippen LogP contribution in [0.4, 0.5) is 5.69 Å². The lowest BCUT2D eigenvalue weighted by Gasteiger charge is -2.10. The van der Waals surface area contributed by atoms with Crippen molar-refractivity contribution in [1.82, 2.24) is 14.1 Å². The van der Waals surface area contributed by atoms with E-state index in [0.29, 0.717) is 16.4 Å². The highest BCUT2D eigenvalue weighted by Crippen LogP contribution is 2.19. The Balaban J connectivity index is 2.30. The van der Waals surface area contributed by atoms with Crippen molar-refractivity contribution in [2.24, 2.45) is 14.1 Å². The lowest BCUT2D eigenvalue weighted by molar-refractivity contribution is 0.671. The Morgan fingerprint density at radius 1 is 1.35 bits per heavy atom. The van der Waals surface area contributed by atoms with E-state index in [1.165, 1.54) is 17.8 Å². The Hall–Kier alpha value is -2.08. The summed E-state index contributed by atoms with van der Waals surface area (Å²) in [5.74, 6) is 0. The summed E-state index contributed by atoms with van der Waals surface area (Å²) in [5.41, 5.74) is 1.42. The van der Waals surface area contributed by atoms with Gasteiger partial charge in [0, 0.05) is 33.0 Å². The minimum atomic E-state index is -0.353. The lowest BCUT2D eigenvalue weighted by atomic mass is 10.2. The van der Waals surface area contributed by atoms with Crippen LogP contribution in [0.5, 0.6) is 0 Å². The Kier molecular flexibility index (Phi) is 3.94. The highest BCUT2D eigenvalue weighted by Gasteiger charge is 2.08. The van der Waals surface area contributed by atoms with Crippen molar-refractivity contribution in [3.8, 4) is 0 Å². The maximum atomic E-state index is 12.0. The Bertz CT molecular complexity index is 764. The minimum Gasteiger partial charge on any atom is -0.378 e. The van der Waals surface area contributed by atoms with E-state index in [2.05, 4.69) is 10.3 Å². The molecule has 0 saturated carbocycles. The Morgan fingerprint density at radius 2 is 2.05 bits per heavy atom. The summed E-state index contributed by atoms with van der Waals surface area (Å²) < 4.78 is 2.45. The van der Waals surface area contributed by atoms with Crippen LogP contribution in [0.15, 0.2) is 28.0 Å². The molecule has 0 atom stereocenters. The van der Waals surface area contributed by atoms with Gasteiger partial charge in [-0.3, -0.25) is 9.36 Å². The van der Waals surface area contributed by atoms with Gasteiger partial charge in [-0.25, -0.2) is 9.78 Å². The summed E-state index contributed by atoms with van der Waals surface area (Å²) in [6, 6.07) is 1.85. The fourth-order valence-corrected chi connectivity index (χ4v) is 2.04. The van der Waals surface area contributed by atoms with E-state index in [4.69, 9.17) is 11.6 Å². The highest BCUT2D eigenvalue weighted by atomic mass is 35.5. The molecule has 0 aliphatic heterocycles. The molecule has 2 aromatic heterocycles. The van der Waals surface area contributed by atoms with Gasteiger partial charge in [0.1, 0.15) is 0 Å². The van der Waals surface area contributed by atoms with Crippen molar-refractivity contribution in [3.05, 3.63) is 55.6 Å². The molecule has 0 unspecified atom stereocenters. The van der Waals surface area contributed by atoms with Crippen LogP contribution in [0.2, 0.25) is 5.15 Å². The number of halogens is 1. The van der Waals surface area contributed by atoms with Gasteiger partial charge < -0.3 is 9.88 Å². The number of nitrogens with one attached hydrogen (secondary N) is 1. The van der Waals surface area contributed by atoms with E-state index in [1.807, 2.05) is 13.0 Å². The van der Waals surface area contributed by atoms with Crippen LogP contribution in [-0.2, 0) is 20.6 Å². The first-order valence-corrected chi connectivity index (χ1v) is 6.39. The van der Waals surface area contributed by atoms with Crippen molar-refractivity contribution in [2.45, 2.75) is 13.5 Å². The molecule has 2 heterocycles. The molecule has 7 heteroatoms. The number of rotatable bonds is 3. The summed E-state index contributed by atoms with van der Waals surface area (Å²) in [5, 5.41) is 3.41. The fraction of sp³-hybridized carbons (Fsp3) is 0.308. The van der Waals surface area contributed by atoms with E-state index < -0.39 is 0 Å². The fourth-order valence-electron chi connectivity index (χ4n) is 1.87. The maximum absolute atomic E-state index is 12.0. The molecule has 0 spiro atoms. The van der Waals surface area contributed by atoms with Crippen molar-refractivity contribution >= 4 is 17.3 Å². The standard InChI is InChI=1S/C13H15ClN4O2/c1-8-4-10(11(14)16-5-8)15-6-9-7-17(2)13(20)18(3)12(9)19/h4-5,7,15H,6H2,1-3H3. The molecule has 0 aliphatic rings. The third-order valence-corrected chi connectivity index (χ3v) is 3.26. The number of aromatic nitrogens is 3. The van der Waals surface area contributed by atoms with Gasteiger partial charge in [0.25, 0.3) is 5.56 Å². The maximum Gasteiger partial charge on any atom is 0.330 e. The second-order valence-corrected chi connectivity index (χ2v) is 4.97. The molecule has 1 N–H and O–H groups in total. The van der Waals surface area contributed by atoms with Gasteiger partial charge in [0.05, 0.1) is 11.3 Å². The third kappa shape index (κ3) is 2.75. The van der Waals surface area contributed by atoms with Gasteiger partial charge in [-0.15, -0.1) is 0 Å². The van der Waals surface area contributed by atoms with Crippen LogP contribution in [-0.4, -0.2) is 14.1 Å². The SMILES string of the molecule is Cc1cnc(Cl)c(NCc2cn(C)c(=O)n(C)c2=O)c1. The van der Waals surface area contributed by atoms with Gasteiger partial charge in [-0.05, 0) is 18.6 Å². The van der Waals surface area contributed by atoms with Crippen LogP contribution in [0.3, 0.4) is 0 Å². The number of hydrogen-bond donors (Lipinski definition) is 1. The van der Waals surface area contributed by atoms with E-state index in [1.54, 1.807) is 13.2 Å². The second-order valence-electron chi connectivity index (χ2n) is 4.62. The van der Waals surface area contributed by atoms with Gasteiger partial charge in [0.2, 0.25) is 0 Å². The largest absolute Gasteiger partial charge is 0.378 e. The first-order chi connectivity index (χ1) is 9.40. The van der Waals surface area contributed by atoms with Gasteiger partial charge in [0.15, 0.2) is 5.15 Å². The molecule has 20 heavy (non-hydrogen) atoms. The summed E-state index contributed by atoms with van der Waals surface area (Å²) >= 11 is 5.98. The smallest absolute Gasteiger partial charge is 0.330 e. The molecule has 106 valence electrons. The summed E-state index contributed by atoms with van der Waals surface area (Å²) in [4.78, 5) is 27.6. The van der Waals surface area contributed by atoms with Crippen molar-refractivity contribution in [3.63, 3.8) is 0 Å². The minimum absolute atomic E-state index is 0.269. The van der Waals surface area contributed by atoms with Crippen LogP contribution in [0, 0.1) is 6.92 Å². The zero-order chi connectivity index (χ0) is 14.9. The average molecular weight is 295 g/mol. The van der Waals surface area contributed by atoms with Gasteiger partial charge in [-0.2, -0.15) is 0 Å². The summed E-state index contributed by atoms with van der Waals surface area (Å²) in [6.07, 6.45) is 3.19. The van der Waals surface area contributed by atoms with Gasteiger partial charge >= 0.3 is 5.69 Å². The van der Waals surface area contributed by atoms with Crippen molar-refractivity contribution in [1.29, 1.82) is 0 Å². The Labute approximate surface area is 120 Å². The quantitative estimate of drug-likeness (QED) is 0.859. The second kappa shape index (κ2) is 5.50. The molecular weight excluding hydrogens is 280 g/mol. The van der Waals surface area contributed by atoms with Gasteiger partial charge in [-0.1, -0.05) is 11.6 Å². The predicted molar refractivity (Wildman–Crippen MR) is 78.2 cm³/mol. The average Bonchev–Trinajstić information content (AvgIpc) is 2.42. The molecule has 0 aliphatic carbocycles.